The second-order valence-corrected chi connectivity index (χ2v) is 7.63. The highest BCUT2D eigenvalue weighted by molar-refractivity contribution is 5.93. The number of benzene rings is 1. The van der Waals surface area contributed by atoms with Crippen LogP contribution in [0.4, 0.5) is 27.9 Å². The maximum atomic E-state index is 13.7. The van der Waals surface area contributed by atoms with Crippen LogP contribution in [0.3, 0.4) is 0 Å². The van der Waals surface area contributed by atoms with Crippen LogP contribution in [0.25, 0.3) is 33.4 Å². The summed E-state index contributed by atoms with van der Waals surface area (Å²) in [4.78, 5) is 25.9. The van der Waals surface area contributed by atoms with Crippen LogP contribution in [0.2, 0.25) is 0 Å². The molecule has 1 N–H and O–H groups in total. The van der Waals surface area contributed by atoms with Crippen LogP contribution in [-0.4, -0.2) is 43.3 Å². The second-order valence-electron chi connectivity index (χ2n) is 7.63. The van der Waals surface area contributed by atoms with Gasteiger partial charge in [-0.3, -0.25) is 9.36 Å². The van der Waals surface area contributed by atoms with Crippen molar-refractivity contribution in [3.63, 3.8) is 0 Å². The Labute approximate surface area is 198 Å². The molecule has 0 fully saturated rings. The molecule has 0 spiro atoms. The van der Waals surface area contributed by atoms with Crippen LogP contribution < -0.4 is 15.6 Å². The minimum Gasteiger partial charge on any atom is -0.435 e. The zero-order valence-corrected chi connectivity index (χ0v) is 18.1. The number of pyridine rings is 2. The molecule has 184 valence electrons. The number of halogens is 5. The first-order valence-electron chi connectivity index (χ1n) is 10.4. The van der Waals surface area contributed by atoms with E-state index in [-0.39, 0.29) is 22.8 Å². The molecule has 0 aliphatic rings. The maximum Gasteiger partial charge on any atom is 0.405 e. The number of fused-ring (bicyclic) bond motifs is 2. The normalized spacial score (nSPS) is 11.9. The molecule has 0 saturated carbocycles. The van der Waals surface area contributed by atoms with Crippen LogP contribution in [0.1, 0.15) is 0 Å². The minimum atomic E-state index is -4.50. The lowest BCUT2D eigenvalue weighted by molar-refractivity contribution is -0.115. The van der Waals surface area contributed by atoms with E-state index in [4.69, 9.17) is 0 Å². The van der Waals surface area contributed by atoms with Crippen LogP contribution >= 0.6 is 0 Å². The van der Waals surface area contributed by atoms with Crippen molar-refractivity contribution < 1.29 is 26.7 Å². The van der Waals surface area contributed by atoms with Gasteiger partial charge in [0.15, 0.2) is 0 Å². The third kappa shape index (κ3) is 4.67. The molecule has 0 amide bonds. The quantitative estimate of drug-likeness (QED) is 0.340. The van der Waals surface area contributed by atoms with Crippen LogP contribution in [0.5, 0.6) is 5.75 Å². The highest BCUT2D eigenvalue weighted by atomic mass is 19.4. The lowest BCUT2D eigenvalue weighted by Gasteiger charge is -2.14. The van der Waals surface area contributed by atoms with E-state index >= 15 is 0 Å². The van der Waals surface area contributed by atoms with Crippen molar-refractivity contribution >= 4 is 22.5 Å². The summed E-state index contributed by atoms with van der Waals surface area (Å²) in [6.45, 7) is -4.39. The number of hydrogen-bond donors (Lipinski definition) is 1. The van der Waals surface area contributed by atoms with Crippen molar-refractivity contribution in [3.05, 3.63) is 77.7 Å². The molecule has 0 aliphatic carbocycles. The molecule has 4 heterocycles. The Hall–Kier alpha value is -4.55. The molecule has 1 aromatic carbocycles. The number of rotatable bonds is 6. The Morgan fingerprint density at radius 1 is 1.03 bits per heavy atom. The van der Waals surface area contributed by atoms with Crippen molar-refractivity contribution in [2.24, 2.45) is 0 Å². The molecule has 4 aromatic heterocycles. The van der Waals surface area contributed by atoms with Gasteiger partial charge >= 0.3 is 12.8 Å². The van der Waals surface area contributed by atoms with Gasteiger partial charge in [-0.05, 0) is 29.8 Å². The summed E-state index contributed by atoms with van der Waals surface area (Å²) < 4.78 is 70.6. The van der Waals surface area contributed by atoms with E-state index in [1.807, 2.05) is 0 Å². The Kier molecular flexibility index (Phi) is 5.74. The van der Waals surface area contributed by atoms with Gasteiger partial charge in [-0.25, -0.2) is 15.0 Å². The van der Waals surface area contributed by atoms with Gasteiger partial charge in [0.25, 0.3) is 5.56 Å². The average molecular weight is 502 g/mol. The zero-order chi connectivity index (χ0) is 25.4. The molecule has 0 saturated heterocycles. The molecule has 13 heteroatoms. The number of hydrogen-bond acceptors (Lipinski definition) is 6. The largest absolute Gasteiger partial charge is 0.435 e. The predicted molar refractivity (Wildman–Crippen MR) is 120 cm³/mol. The van der Waals surface area contributed by atoms with Gasteiger partial charge in [0.1, 0.15) is 17.9 Å². The van der Waals surface area contributed by atoms with E-state index in [0.717, 1.165) is 0 Å². The van der Waals surface area contributed by atoms with Crippen LogP contribution in [-0.2, 0) is 0 Å². The molecule has 5 aromatic rings. The summed E-state index contributed by atoms with van der Waals surface area (Å²) in [5.74, 6) is -0.447. The highest BCUT2D eigenvalue weighted by Gasteiger charge is 2.27. The van der Waals surface area contributed by atoms with E-state index in [9.17, 15) is 26.7 Å². The molecular weight excluding hydrogens is 487 g/mol. The van der Waals surface area contributed by atoms with Gasteiger partial charge in [-0.2, -0.15) is 22.0 Å². The Morgan fingerprint density at radius 2 is 1.81 bits per heavy atom. The van der Waals surface area contributed by atoms with Crippen molar-refractivity contribution in [1.29, 1.82) is 0 Å². The van der Waals surface area contributed by atoms with E-state index in [1.54, 1.807) is 35.1 Å². The van der Waals surface area contributed by atoms with E-state index in [1.165, 1.54) is 41.2 Å². The fourth-order valence-electron chi connectivity index (χ4n) is 3.68. The summed E-state index contributed by atoms with van der Waals surface area (Å²) in [6, 6.07) is 8.68. The predicted octanol–water partition coefficient (Wildman–Crippen LogP) is 4.67. The standard InChI is InChI=1S/C23H15F5N6O2/c24-21(25)36-16-4-1-13(2-5-16)18-19-14(9-30-22(32-19)31-12-23(26,27)28)10-34(20(18)35)15-3-6-17-29-7-8-33(17)11-15/h1-11,21H,12H2,(H,31,32). The van der Waals surface area contributed by atoms with Gasteiger partial charge in [0.05, 0.1) is 16.8 Å². The number of imidazole rings is 1. The molecule has 5 rings (SSSR count). The zero-order valence-electron chi connectivity index (χ0n) is 18.1. The van der Waals surface area contributed by atoms with Gasteiger partial charge in [0, 0.05) is 36.4 Å². The molecule has 0 unspecified atom stereocenters. The number of aromatic nitrogens is 5. The van der Waals surface area contributed by atoms with Crippen molar-refractivity contribution in [2.45, 2.75) is 12.8 Å². The number of ether oxygens (including phenoxy) is 1. The summed E-state index contributed by atoms with van der Waals surface area (Å²) in [5, 5.41) is 2.46. The number of nitrogens with zero attached hydrogens (tertiary/aromatic N) is 5. The Bertz CT molecular complexity index is 1610. The third-order valence-electron chi connectivity index (χ3n) is 5.22. The molecule has 0 atom stereocenters. The summed E-state index contributed by atoms with van der Waals surface area (Å²) in [5.41, 5.74) is 1.02. The van der Waals surface area contributed by atoms with Crippen LogP contribution in [0, 0.1) is 0 Å². The highest BCUT2D eigenvalue weighted by Crippen LogP contribution is 2.28. The first kappa shape index (κ1) is 23.2. The van der Waals surface area contributed by atoms with E-state index < -0.39 is 24.9 Å². The van der Waals surface area contributed by atoms with Gasteiger partial charge in [0.2, 0.25) is 5.95 Å². The fourth-order valence-corrected chi connectivity index (χ4v) is 3.68. The number of nitrogens with one attached hydrogen (secondary N) is 1. The topological polar surface area (TPSA) is 86.3 Å². The lowest BCUT2D eigenvalue weighted by atomic mass is 10.0. The fraction of sp³-hybridized carbons (Fsp3) is 0.130. The smallest absolute Gasteiger partial charge is 0.405 e. The summed E-state index contributed by atoms with van der Waals surface area (Å²) >= 11 is 0. The Morgan fingerprint density at radius 3 is 2.53 bits per heavy atom. The molecule has 0 radical (unpaired) electrons. The monoisotopic (exact) mass is 502 g/mol. The Balaban J connectivity index is 1.69. The summed E-state index contributed by atoms with van der Waals surface area (Å²) in [7, 11) is 0. The number of alkyl halides is 5. The SMILES string of the molecule is O=c1c(-c2ccc(OC(F)F)cc2)c2nc(NCC(F)(F)F)ncc2cn1-c1ccc2nccn2c1. The van der Waals surface area contributed by atoms with Crippen molar-refractivity contribution in [2.75, 3.05) is 11.9 Å². The van der Waals surface area contributed by atoms with E-state index in [2.05, 4.69) is 25.0 Å². The second kappa shape index (κ2) is 8.91. The third-order valence-corrected chi connectivity index (χ3v) is 5.22. The molecule has 8 nitrogen and oxygen atoms in total. The van der Waals surface area contributed by atoms with Crippen LogP contribution in [0.15, 0.2) is 72.2 Å². The lowest BCUT2D eigenvalue weighted by Crippen LogP contribution is -2.23. The van der Waals surface area contributed by atoms with Gasteiger partial charge in [-0.15, -0.1) is 0 Å². The minimum absolute atomic E-state index is 0.0410. The first-order chi connectivity index (χ1) is 17.2. The molecule has 0 aliphatic heterocycles. The van der Waals surface area contributed by atoms with Crippen molar-refractivity contribution in [3.8, 4) is 22.6 Å². The number of anilines is 1. The summed E-state index contributed by atoms with van der Waals surface area (Å²) in [6.07, 6.45) is 3.25. The van der Waals surface area contributed by atoms with Gasteiger partial charge < -0.3 is 14.5 Å². The molecular formula is C23H15F5N6O2. The van der Waals surface area contributed by atoms with Gasteiger partial charge in [-0.1, -0.05) is 12.1 Å². The molecule has 0 bridgehead atoms. The maximum absolute atomic E-state index is 13.7. The molecule has 36 heavy (non-hydrogen) atoms. The average Bonchev–Trinajstić information content (AvgIpc) is 3.30. The van der Waals surface area contributed by atoms with E-state index in [0.29, 0.717) is 22.3 Å². The van der Waals surface area contributed by atoms with Crippen molar-refractivity contribution in [1.82, 2.24) is 23.9 Å². The first-order valence-corrected chi connectivity index (χ1v) is 10.4.